The van der Waals surface area contributed by atoms with E-state index in [1.54, 1.807) is 0 Å². The van der Waals surface area contributed by atoms with E-state index in [2.05, 4.69) is 47.3 Å². The van der Waals surface area contributed by atoms with Gasteiger partial charge in [0.2, 0.25) is 5.91 Å². The third kappa shape index (κ3) is 3.38. The van der Waals surface area contributed by atoms with Crippen LogP contribution in [0.15, 0.2) is 54.9 Å². The van der Waals surface area contributed by atoms with Crippen molar-refractivity contribution in [3.63, 3.8) is 0 Å². The van der Waals surface area contributed by atoms with E-state index in [4.69, 9.17) is 0 Å². The summed E-state index contributed by atoms with van der Waals surface area (Å²) in [5, 5.41) is 0. The van der Waals surface area contributed by atoms with E-state index < -0.39 is 0 Å². The fourth-order valence-corrected chi connectivity index (χ4v) is 4.56. The summed E-state index contributed by atoms with van der Waals surface area (Å²) in [6, 6.07) is 14.9. The maximum Gasteiger partial charge on any atom is 0.226 e. The summed E-state index contributed by atoms with van der Waals surface area (Å²) < 4.78 is 0. The van der Waals surface area contributed by atoms with Crippen LogP contribution in [0.3, 0.4) is 0 Å². The predicted octanol–water partition coefficient (Wildman–Crippen LogP) is 3.34. The number of benzene rings is 1. The van der Waals surface area contributed by atoms with Gasteiger partial charge in [-0.2, -0.15) is 0 Å². The fourth-order valence-electron chi connectivity index (χ4n) is 4.56. The third-order valence-corrected chi connectivity index (χ3v) is 6.02. The van der Waals surface area contributed by atoms with Crippen molar-refractivity contribution in [1.29, 1.82) is 0 Å². The molecule has 1 saturated heterocycles. The summed E-state index contributed by atoms with van der Waals surface area (Å²) in [7, 11) is 4.15. The molecule has 4 heteroatoms. The highest BCUT2D eigenvalue weighted by Crippen LogP contribution is 2.48. The summed E-state index contributed by atoms with van der Waals surface area (Å²) in [6.45, 7) is 1.89. The van der Waals surface area contributed by atoms with E-state index in [0.29, 0.717) is 23.8 Å². The van der Waals surface area contributed by atoms with Crippen LogP contribution in [-0.4, -0.2) is 47.9 Å². The molecular weight excluding hydrogens is 322 g/mol. The Hall–Kier alpha value is -2.20. The molecule has 26 heavy (non-hydrogen) atoms. The number of hydrogen-bond acceptors (Lipinski definition) is 3. The molecule has 2 aliphatic rings. The maximum absolute atomic E-state index is 12.9. The first-order valence-electron chi connectivity index (χ1n) is 9.55. The van der Waals surface area contributed by atoms with Crippen molar-refractivity contribution in [1.82, 2.24) is 14.8 Å². The van der Waals surface area contributed by atoms with Crippen LogP contribution in [-0.2, 0) is 4.79 Å². The fraction of sp³-hybridized carbons (Fsp3) is 0.455. The summed E-state index contributed by atoms with van der Waals surface area (Å²) in [5.74, 6) is 1.34. The van der Waals surface area contributed by atoms with E-state index in [0.717, 1.165) is 25.9 Å². The Morgan fingerprint density at radius 2 is 1.96 bits per heavy atom. The minimum atomic E-state index is 0.165. The first-order valence-corrected chi connectivity index (χ1v) is 9.55. The lowest BCUT2D eigenvalue weighted by Gasteiger charge is -2.29. The molecule has 1 amide bonds. The molecule has 0 bridgehead atoms. The van der Waals surface area contributed by atoms with Crippen molar-refractivity contribution >= 4 is 5.91 Å². The number of carbonyl (C=O) groups excluding carboxylic acids is 1. The van der Waals surface area contributed by atoms with E-state index in [9.17, 15) is 4.79 Å². The normalized spacial score (nSPS) is 28.1. The van der Waals surface area contributed by atoms with E-state index in [-0.39, 0.29) is 5.92 Å². The SMILES string of the molecule is CN(C[C@@H]1CCN(C)[C@H]1c1cccnc1)C(=O)[C@H]1C[C@@H]1c1ccccc1. The first kappa shape index (κ1) is 17.2. The van der Waals surface area contributed by atoms with Crippen molar-refractivity contribution < 1.29 is 4.79 Å². The monoisotopic (exact) mass is 349 g/mol. The van der Waals surface area contributed by atoms with E-state index in [1.165, 1.54) is 11.1 Å². The molecule has 2 heterocycles. The molecule has 0 spiro atoms. The Kier molecular flexibility index (Phi) is 4.77. The average molecular weight is 349 g/mol. The standard InChI is InChI=1S/C22H27N3O/c1-24-12-10-18(21(24)17-9-6-11-23-14-17)15-25(2)22(26)20-13-19(20)16-7-4-3-5-8-16/h3-9,11,14,18-21H,10,12-13,15H2,1-2H3/t18-,19+,20-,21-/m0/s1. The number of nitrogens with zero attached hydrogens (tertiary/aromatic N) is 3. The molecule has 0 N–H and O–H groups in total. The van der Waals surface area contributed by atoms with Gasteiger partial charge in [-0.1, -0.05) is 36.4 Å². The van der Waals surface area contributed by atoms with Gasteiger partial charge in [-0.25, -0.2) is 0 Å². The summed E-state index contributed by atoms with van der Waals surface area (Å²) >= 11 is 0. The number of amides is 1. The highest BCUT2D eigenvalue weighted by Gasteiger charge is 2.45. The van der Waals surface area contributed by atoms with Crippen molar-refractivity contribution in [3.8, 4) is 0 Å². The molecular formula is C22H27N3O. The molecule has 1 aliphatic carbocycles. The van der Waals surface area contributed by atoms with Crippen LogP contribution < -0.4 is 0 Å². The van der Waals surface area contributed by atoms with Gasteiger partial charge in [0, 0.05) is 37.9 Å². The molecule has 0 radical (unpaired) electrons. The zero-order chi connectivity index (χ0) is 18.1. The Bertz CT molecular complexity index is 748. The Balaban J connectivity index is 1.40. The number of pyridine rings is 1. The highest BCUT2D eigenvalue weighted by atomic mass is 16.2. The molecule has 2 aromatic rings. The van der Waals surface area contributed by atoms with Gasteiger partial charge in [-0.3, -0.25) is 14.7 Å². The van der Waals surface area contributed by atoms with Crippen molar-refractivity contribution in [2.45, 2.75) is 24.8 Å². The second kappa shape index (κ2) is 7.20. The lowest BCUT2D eigenvalue weighted by Crippen LogP contribution is -2.35. The van der Waals surface area contributed by atoms with Crippen LogP contribution in [0.1, 0.15) is 35.9 Å². The van der Waals surface area contributed by atoms with Gasteiger partial charge in [0.25, 0.3) is 0 Å². The molecule has 0 unspecified atom stereocenters. The third-order valence-electron chi connectivity index (χ3n) is 6.02. The molecule has 1 aromatic carbocycles. The minimum Gasteiger partial charge on any atom is -0.345 e. The highest BCUT2D eigenvalue weighted by molar-refractivity contribution is 5.82. The van der Waals surface area contributed by atoms with Crippen LogP contribution in [0.4, 0.5) is 0 Å². The van der Waals surface area contributed by atoms with Crippen molar-refractivity contribution in [3.05, 3.63) is 66.0 Å². The zero-order valence-electron chi connectivity index (χ0n) is 15.6. The molecule has 136 valence electrons. The average Bonchev–Trinajstić information content (AvgIpc) is 3.40. The molecule has 4 rings (SSSR count). The van der Waals surface area contributed by atoms with Crippen LogP contribution in [0.5, 0.6) is 0 Å². The Morgan fingerprint density at radius 3 is 2.69 bits per heavy atom. The second-order valence-electron chi connectivity index (χ2n) is 7.84. The first-order chi connectivity index (χ1) is 12.6. The van der Waals surface area contributed by atoms with Crippen LogP contribution in [0, 0.1) is 11.8 Å². The maximum atomic E-state index is 12.9. The van der Waals surface area contributed by atoms with Crippen LogP contribution in [0.2, 0.25) is 0 Å². The van der Waals surface area contributed by atoms with Gasteiger partial charge in [0.15, 0.2) is 0 Å². The van der Waals surface area contributed by atoms with Crippen molar-refractivity contribution in [2.24, 2.45) is 11.8 Å². The van der Waals surface area contributed by atoms with Gasteiger partial charge in [0.1, 0.15) is 0 Å². The lowest BCUT2D eigenvalue weighted by molar-refractivity contribution is -0.132. The number of carbonyl (C=O) groups is 1. The van der Waals surface area contributed by atoms with E-state index >= 15 is 0 Å². The second-order valence-corrected chi connectivity index (χ2v) is 7.84. The van der Waals surface area contributed by atoms with Crippen LogP contribution in [0.25, 0.3) is 0 Å². The smallest absolute Gasteiger partial charge is 0.226 e. The lowest BCUT2D eigenvalue weighted by atomic mass is 9.94. The number of aromatic nitrogens is 1. The van der Waals surface area contributed by atoms with E-state index in [1.807, 2.05) is 36.5 Å². The minimum absolute atomic E-state index is 0.165. The van der Waals surface area contributed by atoms with Crippen LogP contribution >= 0.6 is 0 Å². The van der Waals surface area contributed by atoms with Gasteiger partial charge in [-0.05, 0) is 55.5 Å². The summed E-state index contributed by atoms with van der Waals surface area (Å²) in [6.07, 6.45) is 5.90. The van der Waals surface area contributed by atoms with Crippen molar-refractivity contribution in [2.75, 3.05) is 27.2 Å². The predicted molar refractivity (Wildman–Crippen MR) is 103 cm³/mol. The summed E-state index contributed by atoms with van der Waals surface area (Å²) in [4.78, 5) is 21.6. The molecule has 2 fully saturated rings. The molecule has 4 nitrogen and oxygen atoms in total. The number of hydrogen-bond donors (Lipinski definition) is 0. The molecule has 4 atom stereocenters. The summed E-state index contributed by atoms with van der Waals surface area (Å²) in [5.41, 5.74) is 2.56. The number of rotatable bonds is 5. The quantitative estimate of drug-likeness (QED) is 0.831. The van der Waals surface area contributed by atoms with Gasteiger partial charge >= 0.3 is 0 Å². The Morgan fingerprint density at radius 1 is 1.19 bits per heavy atom. The largest absolute Gasteiger partial charge is 0.345 e. The van der Waals surface area contributed by atoms with Gasteiger partial charge in [0.05, 0.1) is 0 Å². The van der Waals surface area contributed by atoms with Gasteiger partial charge < -0.3 is 4.90 Å². The number of likely N-dealkylation sites (tertiary alicyclic amines) is 1. The Labute approximate surface area is 155 Å². The topological polar surface area (TPSA) is 36.4 Å². The zero-order valence-corrected chi connectivity index (χ0v) is 15.6. The molecule has 1 aromatic heterocycles. The molecule has 1 saturated carbocycles. The van der Waals surface area contributed by atoms with Gasteiger partial charge in [-0.15, -0.1) is 0 Å². The molecule has 1 aliphatic heterocycles.